The molecule has 0 aliphatic carbocycles. The third-order valence-electron chi connectivity index (χ3n) is 3.68. The van der Waals surface area contributed by atoms with E-state index in [1.807, 2.05) is 26.2 Å². The molecule has 0 unspecified atom stereocenters. The van der Waals surface area contributed by atoms with Gasteiger partial charge in [0, 0.05) is 26.0 Å². The molecule has 0 fully saturated rings. The van der Waals surface area contributed by atoms with Crippen molar-refractivity contribution in [1.29, 1.82) is 0 Å². The number of fused-ring (bicyclic) bond motifs is 1. The van der Waals surface area contributed by atoms with E-state index in [9.17, 15) is 0 Å². The molecule has 114 valence electrons. The minimum Gasteiger partial charge on any atom is -0.491 e. The summed E-state index contributed by atoms with van der Waals surface area (Å²) in [5.74, 6) is 0.846. The highest BCUT2D eigenvalue weighted by atomic mass is 16.5. The largest absolute Gasteiger partial charge is 0.491 e. The van der Waals surface area contributed by atoms with E-state index in [0.29, 0.717) is 6.54 Å². The van der Waals surface area contributed by atoms with Crippen LogP contribution in [0.1, 0.15) is 31.0 Å². The van der Waals surface area contributed by atoms with Crippen molar-refractivity contribution >= 4 is 16.6 Å². The van der Waals surface area contributed by atoms with Crippen LogP contribution in [0.2, 0.25) is 0 Å². The number of nitrogens with zero attached hydrogens (tertiary/aromatic N) is 2. The zero-order chi connectivity index (χ0) is 15.4. The third kappa shape index (κ3) is 3.10. The number of para-hydroxylation sites is 1. The van der Waals surface area contributed by atoms with E-state index in [-0.39, 0.29) is 0 Å². The van der Waals surface area contributed by atoms with Gasteiger partial charge in [0.25, 0.3) is 0 Å². The van der Waals surface area contributed by atoms with Crippen molar-refractivity contribution in [3.63, 3.8) is 0 Å². The van der Waals surface area contributed by atoms with Crippen molar-refractivity contribution in [2.45, 2.75) is 33.2 Å². The fourth-order valence-electron chi connectivity index (χ4n) is 2.60. The topological polar surface area (TPSA) is 51.4 Å². The molecule has 0 atom stereocenters. The Morgan fingerprint density at radius 2 is 2.05 bits per heavy atom. The van der Waals surface area contributed by atoms with Crippen LogP contribution in [-0.2, 0) is 6.54 Å². The van der Waals surface area contributed by atoms with E-state index in [4.69, 9.17) is 15.5 Å². The summed E-state index contributed by atoms with van der Waals surface area (Å²) in [6, 6.07) is 6.11. The first kappa shape index (κ1) is 15.6. The Morgan fingerprint density at radius 3 is 2.67 bits per heavy atom. The van der Waals surface area contributed by atoms with Crippen molar-refractivity contribution < 1.29 is 4.74 Å². The molecular formula is C17H25N3O. The zero-order valence-corrected chi connectivity index (χ0v) is 13.4. The normalized spacial score (nSPS) is 10.9. The fraction of sp³-hybridized carbons (Fsp3) is 0.471. The van der Waals surface area contributed by atoms with Crippen LogP contribution in [0.15, 0.2) is 18.2 Å². The minimum absolute atomic E-state index is 0.436. The van der Waals surface area contributed by atoms with Gasteiger partial charge in [-0.3, -0.25) is 0 Å². The molecule has 0 saturated carbocycles. The first-order chi connectivity index (χ1) is 10.1. The molecule has 2 N–H and O–H groups in total. The van der Waals surface area contributed by atoms with Crippen LogP contribution in [0.25, 0.3) is 10.9 Å². The highest BCUT2D eigenvalue weighted by Crippen LogP contribution is 2.34. The number of nitrogens with two attached hydrogens (primary N) is 1. The Balaban J connectivity index is 2.61. The van der Waals surface area contributed by atoms with Gasteiger partial charge in [0.15, 0.2) is 0 Å². The van der Waals surface area contributed by atoms with Crippen LogP contribution < -0.4 is 15.4 Å². The first-order valence-corrected chi connectivity index (χ1v) is 7.52. The predicted molar refractivity (Wildman–Crippen MR) is 89.1 cm³/mol. The quantitative estimate of drug-likeness (QED) is 0.829. The maximum absolute atomic E-state index is 5.91. The molecule has 4 heteroatoms. The van der Waals surface area contributed by atoms with Crippen LogP contribution in [0.5, 0.6) is 5.75 Å². The number of pyridine rings is 1. The number of rotatable bonds is 6. The summed E-state index contributed by atoms with van der Waals surface area (Å²) in [5.41, 5.74) is 10.0. The van der Waals surface area contributed by atoms with Gasteiger partial charge in [-0.2, -0.15) is 0 Å². The minimum atomic E-state index is 0.436. The summed E-state index contributed by atoms with van der Waals surface area (Å²) < 4.78 is 5.91. The predicted octanol–water partition coefficient (Wildman–Crippen LogP) is 3.25. The van der Waals surface area contributed by atoms with Crippen molar-refractivity contribution in [3.05, 3.63) is 29.5 Å². The first-order valence-electron chi connectivity index (χ1n) is 7.52. The van der Waals surface area contributed by atoms with Gasteiger partial charge < -0.3 is 15.4 Å². The number of benzene rings is 1. The van der Waals surface area contributed by atoms with Crippen LogP contribution in [0.3, 0.4) is 0 Å². The monoisotopic (exact) mass is 287 g/mol. The lowest BCUT2D eigenvalue weighted by molar-refractivity contribution is 0.312. The number of hydrogen-bond donors (Lipinski definition) is 1. The zero-order valence-electron chi connectivity index (χ0n) is 13.4. The molecule has 2 rings (SSSR count). The van der Waals surface area contributed by atoms with Gasteiger partial charge in [0.1, 0.15) is 11.3 Å². The van der Waals surface area contributed by atoms with Crippen molar-refractivity contribution in [2.24, 2.45) is 5.73 Å². The lowest BCUT2D eigenvalue weighted by Crippen LogP contribution is -2.14. The second-order valence-corrected chi connectivity index (χ2v) is 5.48. The summed E-state index contributed by atoms with van der Waals surface area (Å²) >= 11 is 0. The van der Waals surface area contributed by atoms with Crippen LogP contribution in [0.4, 0.5) is 5.69 Å². The van der Waals surface area contributed by atoms with Gasteiger partial charge in [-0.05, 0) is 25.0 Å². The van der Waals surface area contributed by atoms with Gasteiger partial charge >= 0.3 is 0 Å². The van der Waals surface area contributed by atoms with Gasteiger partial charge in [0.2, 0.25) is 0 Å². The highest BCUT2D eigenvalue weighted by molar-refractivity contribution is 5.97. The molecule has 1 aromatic carbocycles. The van der Waals surface area contributed by atoms with Gasteiger partial charge in [-0.1, -0.05) is 25.5 Å². The molecule has 4 nitrogen and oxygen atoms in total. The lowest BCUT2D eigenvalue weighted by Gasteiger charge is -2.21. The van der Waals surface area contributed by atoms with E-state index >= 15 is 0 Å². The Bertz CT molecular complexity index is 623. The molecule has 0 radical (unpaired) electrons. The second kappa shape index (κ2) is 6.76. The number of ether oxygens (including phenoxy) is 1. The van der Waals surface area contributed by atoms with Crippen molar-refractivity contribution in [1.82, 2.24) is 4.98 Å². The van der Waals surface area contributed by atoms with Gasteiger partial charge in [-0.15, -0.1) is 0 Å². The summed E-state index contributed by atoms with van der Waals surface area (Å²) in [6.07, 6.45) is 2.17. The molecule has 0 amide bonds. The van der Waals surface area contributed by atoms with Crippen molar-refractivity contribution in [3.8, 4) is 5.75 Å². The number of aromatic nitrogens is 1. The second-order valence-electron chi connectivity index (χ2n) is 5.48. The van der Waals surface area contributed by atoms with E-state index in [0.717, 1.165) is 47.4 Å². The maximum atomic E-state index is 5.91. The SMILES string of the molecule is CCCCOc1cccc2c(N(C)C)c(C)c(CN)nc12. The standard InChI is InChI=1S/C17H25N3O/c1-5-6-10-21-15-9-7-8-13-16(15)19-14(11-18)12(2)17(13)20(3)4/h7-9H,5-6,10-11,18H2,1-4H3. The summed E-state index contributed by atoms with van der Waals surface area (Å²) in [7, 11) is 4.10. The molecule has 1 heterocycles. The molecule has 0 spiro atoms. The average molecular weight is 287 g/mol. The summed E-state index contributed by atoms with van der Waals surface area (Å²) in [6.45, 7) is 5.39. The lowest BCUT2D eigenvalue weighted by atomic mass is 10.1. The van der Waals surface area contributed by atoms with Crippen LogP contribution >= 0.6 is 0 Å². The molecule has 0 aliphatic rings. The Kier molecular flexibility index (Phi) is 5.02. The fourth-order valence-corrected chi connectivity index (χ4v) is 2.60. The Morgan fingerprint density at radius 1 is 1.29 bits per heavy atom. The molecular weight excluding hydrogens is 262 g/mol. The summed E-state index contributed by atoms with van der Waals surface area (Å²) in [4.78, 5) is 6.86. The maximum Gasteiger partial charge on any atom is 0.145 e. The van der Waals surface area contributed by atoms with Crippen molar-refractivity contribution in [2.75, 3.05) is 25.6 Å². The molecule has 0 aliphatic heterocycles. The number of unbranched alkanes of at least 4 members (excludes halogenated alkanes) is 1. The van der Waals surface area contributed by atoms with E-state index < -0.39 is 0 Å². The van der Waals surface area contributed by atoms with Crippen LogP contribution in [-0.4, -0.2) is 25.7 Å². The van der Waals surface area contributed by atoms with E-state index in [1.54, 1.807) is 0 Å². The Hall–Kier alpha value is -1.81. The summed E-state index contributed by atoms with van der Waals surface area (Å²) in [5, 5.41) is 1.11. The number of anilines is 1. The molecule has 2 aromatic rings. The highest BCUT2D eigenvalue weighted by Gasteiger charge is 2.15. The van der Waals surface area contributed by atoms with Gasteiger partial charge in [-0.25, -0.2) is 4.98 Å². The number of hydrogen-bond acceptors (Lipinski definition) is 4. The molecule has 0 saturated heterocycles. The molecule has 21 heavy (non-hydrogen) atoms. The Labute approximate surface area is 126 Å². The van der Waals surface area contributed by atoms with Crippen LogP contribution in [0, 0.1) is 6.92 Å². The van der Waals surface area contributed by atoms with E-state index in [2.05, 4.69) is 24.8 Å². The third-order valence-corrected chi connectivity index (χ3v) is 3.68. The van der Waals surface area contributed by atoms with E-state index in [1.165, 1.54) is 5.69 Å². The average Bonchev–Trinajstić information content (AvgIpc) is 2.46. The molecule has 1 aromatic heterocycles. The smallest absolute Gasteiger partial charge is 0.145 e. The van der Waals surface area contributed by atoms with Gasteiger partial charge in [0.05, 0.1) is 18.0 Å². The molecule has 0 bridgehead atoms.